The summed E-state index contributed by atoms with van der Waals surface area (Å²) in [6.45, 7) is 3.01. The van der Waals surface area contributed by atoms with Crippen LogP contribution in [0.1, 0.15) is 19.0 Å². The van der Waals surface area contributed by atoms with Crippen LogP contribution in [0.4, 0.5) is 0 Å². The first-order valence-electron chi connectivity index (χ1n) is 5.73. The summed E-state index contributed by atoms with van der Waals surface area (Å²) < 4.78 is 2.01. The number of hydrogen-bond acceptors (Lipinski definition) is 2. The van der Waals surface area contributed by atoms with Gasteiger partial charge in [-0.3, -0.25) is 4.40 Å². The van der Waals surface area contributed by atoms with Gasteiger partial charge in [0.1, 0.15) is 5.65 Å². The predicted octanol–water partition coefficient (Wildman–Crippen LogP) is 3.00. The molecule has 2 heterocycles. The number of likely N-dealkylation sites (N-methyl/N-ethyl adjacent to an activating group) is 1. The lowest BCUT2D eigenvalue weighted by Gasteiger charge is -2.03. The zero-order chi connectivity index (χ0) is 12.3. The minimum absolute atomic E-state index is 0.554. The molecule has 0 aliphatic rings. The molecule has 0 radical (unpaired) electrons. The van der Waals surface area contributed by atoms with Crippen molar-refractivity contribution in [3.63, 3.8) is 0 Å². The Morgan fingerprint density at radius 1 is 1.53 bits per heavy atom. The fourth-order valence-corrected chi connectivity index (χ4v) is 2.05. The Hall–Kier alpha value is -1.32. The van der Waals surface area contributed by atoms with E-state index >= 15 is 0 Å². The standard InChI is InChI=1S/C13H16ClN3/c1-3-10(9-15-2)8-11-13(14)16-12-6-4-5-7-17(11)12/h4-8,15H,3,9H2,1-2H3. The molecule has 0 atom stereocenters. The van der Waals surface area contributed by atoms with Crippen molar-refractivity contribution in [2.24, 2.45) is 0 Å². The molecule has 2 aromatic heterocycles. The van der Waals surface area contributed by atoms with Crippen LogP contribution in [0, 0.1) is 0 Å². The van der Waals surface area contributed by atoms with Crippen molar-refractivity contribution in [2.75, 3.05) is 13.6 Å². The van der Waals surface area contributed by atoms with Crippen LogP contribution in [0.15, 0.2) is 30.0 Å². The Balaban J connectivity index is 2.50. The van der Waals surface area contributed by atoms with Gasteiger partial charge in [-0.1, -0.05) is 30.2 Å². The first-order valence-corrected chi connectivity index (χ1v) is 6.10. The van der Waals surface area contributed by atoms with Crippen LogP contribution in [0.25, 0.3) is 11.7 Å². The molecule has 3 nitrogen and oxygen atoms in total. The van der Waals surface area contributed by atoms with Gasteiger partial charge in [-0.2, -0.15) is 0 Å². The minimum atomic E-state index is 0.554. The molecule has 0 aliphatic heterocycles. The molecule has 0 fully saturated rings. The molecule has 2 aromatic rings. The molecule has 17 heavy (non-hydrogen) atoms. The van der Waals surface area contributed by atoms with Gasteiger partial charge in [0.15, 0.2) is 5.15 Å². The van der Waals surface area contributed by atoms with Gasteiger partial charge in [0, 0.05) is 12.7 Å². The lowest BCUT2D eigenvalue weighted by Crippen LogP contribution is -2.10. The summed E-state index contributed by atoms with van der Waals surface area (Å²) in [6.07, 6.45) is 5.09. The Labute approximate surface area is 106 Å². The van der Waals surface area contributed by atoms with Crippen molar-refractivity contribution in [3.8, 4) is 0 Å². The van der Waals surface area contributed by atoms with Crippen molar-refractivity contribution in [1.29, 1.82) is 0 Å². The van der Waals surface area contributed by atoms with Gasteiger partial charge in [0.2, 0.25) is 0 Å². The molecular formula is C13H16ClN3. The first kappa shape index (κ1) is 12.1. The Kier molecular flexibility index (Phi) is 3.82. The summed E-state index contributed by atoms with van der Waals surface area (Å²) >= 11 is 6.17. The molecule has 90 valence electrons. The highest BCUT2D eigenvalue weighted by Crippen LogP contribution is 2.20. The van der Waals surface area contributed by atoms with Gasteiger partial charge in [0.25, 0.3) is 0 Å². The van der Waals surface area contributed by atoms with Gasteiger partial charge < -0.3 is 5.32 Å². The van der Waals surface area contributed by atoms with Crippen LogP contribution in [0.3, 0.4) is 0 Å². The van der Waals surface area contributed by atoms with Crippen LogP contribution in [-0.2, 0) is 0 Å². The number of halogens is 1. The third kappa shape index (κ3) is 2.51. The van der Waals surface area contributed by atoms with Gasteiger partial charge in [0.05, 0.1) is 5.69 Å². The van der Waals surface area contributed by atoms with E-state index in [4.69, 9.17) is 11.6 Å². The molecule has 0 aliphatic carbocycles. The van der Waals surface area contributed by atoms with Crippen LogP contribution in [0.5, 0.6) is 0 Å². The zero-order valence-corrected chi connectivity index (χ0v) is 10.8. The number of nitrogens with one attached hydrogen (secondary N) is 1. The number of fused-ring (bicyclic) bond motifs is 1. The third-order valence-corrected chi connectivity index (χ3v) is 3.00. The molecule has 2 rings (SSSR count). The smallest absolute Gasteiger partial charge is 0.155 e. The Morgan fingerprint density at radius 3 is 3.06 bits per heavy atom. The Morgan fingerprint density at radius 2 is 2.35 bits per heavy atom. The highest BCUT2D eigenvalue weighted by Gasteiger charge is 2.07. The van der Waals surface area contributed by atoms with E-state index in [1.165, 1.54) is 5.57 Å². The normalized spacial score (nSPS) is 12.3. The summed E-state index contributed by atoms with van der Waals surface area (Å²) in [5, 5.41) is 3.71. The summed E-state index contributed by atoms with van der Waals surface area (Å²) in [5.41, 5.74) is 3.14. The van der Waals surface area contributed by atoms with Crippen LogP contribution < -0.4 is 5.32 Å². The van der Waals surface area contributed by atoms with E-state index in [-0.39, 0.29) is 0 Å². The molecule has 0 bridgehead atoms. The maximum atomic E-state index is 6.17. The van der Waals surface area contributed by atoms with Crippen LogP contribution in [-0.4, -0.2) is 23.0 Å². The average Bonchev–Trinajstić information content (AvgIpc) is 2.65. The van der Waals surface area contributed by atoms with Crippen molar-refractivity contribution < 1.29 is 0 Å². The van der Waals surface area contributed by atoms with E-state index in [0.29, 0.717) is 5.15 Å². The molecule has 1 N–H and O–H groups in total. The average molecular weight is 250 g/mol. The molecule has 0 saturated carbocycles. The van der Waals surface area contributed by atoms with Crippen molar-refractivity contribution in [1.82, 2.24) is 14.7 Å². The summed E-state index contributed by atoms with van der Waals surface area (Å²) in [5.74, 6) is 0. The highest BCUT2D eigenvalue weighted by molar-refractivity contribution is 6.31. The molecular weight excluding hydrogens is 234 g/mol. The quantitative estimate of drug-likeness (QED) is 0.903. The van der Waals surface area contributed by atoms with E-state index < -0.39 is 0 Å². The maximum absolute atomic E-state index is 6.17. The number of imidazole rings is 1. The molecule has 0 spiro atoms. The Bertz CT molecular complexity index is 543. The number of nitrogens with zero attached hydrogens (tertiary/aromatic N) is 2. The molecule has 0 saturated heterocycles. The van der Waals surface area contributed by atoms with Crippen molar-refractivity contribution in [2.45, 2.75) is 13.3 Å². The van der Waals surface area contributed by atoms with Gasteiger partial charge >= 0.3 is 0 Å². The lowest BCUT2D eigenvalue weighted by atomic mass is 10.1. The molecule has 4 heteroatoms. The third-order valence-electron chi connectivity index (χ3n) is 2.72. The van der Waals surface area contributed by atoms with Gasteiger partial charge in [-0.25, -0.2) is 4.98 Å². The lowest BCUT2D eigenvalue weighted by molar-refractivity contribution is 0.850. The second-order valence-corrected chi connectivity index (χ2v) is 4.26. The highest BCUT2D eigenvalue weighted by atomic mass is 35.5. The predicted molar refractivity (Wildman–Crippen MR) is 72.4 cm³/mol. The van der Waals surface area contributed by atoms with E-state index in [1.807, 2.05) is 35.8 Å². The number of pyridine rings is 1. The second kappa shape index (κ2) is 5.34. The van der Waals surface area contributed by atoms with Crippen LogP contribution in [0.2, 0.25) is 5.15 Å². The van der Waals surface area contributed by atoms with Crippen molar-refractivity contribution in [3.05, 3.63) is 40.8 Å². The van der Waals surface area contributed by atoms with Crippen LogP contribution >= 0.6 is 11.6 Å². The largest absolute Gasteiger partial charge is 0.316 e. The second-order valence-electron chi connectivity index (χ2n) is 3.90. The van der Waals surface area contributed by atoms with E-state index in [1.54, 1.807) is 0 Å². The van der Waals surface area contributed by atoms with Gasteiger partial charge in [-0.05, 0) is 31.7 Å². The summed E-state index contributed by atoms with van der Waals surface area (Å²) in [7, 11) is 1.94. The fraction of sp³-hybridized carbons (Fsp3) is 0.308. The number of aromatic nitrogens is 2. The summed E-state index contributed by atoms with van der Waals surface area (Å²) in [4.78, 5) is 4.32. The number of hydrogen-bond donors (Lipinski definition) is 1. The summed E-state index contributed by atoms with van der Waals surface area (Å²) in [6, 6.07) is 5.89. The molecule has 0 unspecified atom stereocenters. The molecule has 0 aromatic carbocycles. The maximum Gasteiger partial charge on any atom is 0.155 e. The fourth-order valence-electron chi connectivity index (χ4n) is 1.81. The first-order chi connectivity index (χ1) is 8.26. The monoisotopic (exact) mass is 249 g/mol. The number of rotatable bonds is 4. The molecule has 0 amide bonds. The minimum Gasteiger partial charge on any atom is -0.316 e. The van der Waals surface area contributed by atoms with E-state index in [9.17, 15) is 0 Å². The van der Waals surface area contributed by atoms with E-state index in [2.05, 4.69) is 23.3 Å². The van der Waals surface area contributed by atoms with E-state index in [0.717, 1.165) is 24.3 Å². The van der Waals surface area contributed by atoms with Gasteiger partial charge in [-0.15, -0.1) is 0 Å². The topological polar surface area (TPSA) is 29.3 Å². The zero-order valence-electron chi connectivity index (χ0n) is 10.1. The SMILES string of the molecule is CCC(=Cc1c(Cl)nc2ccccn12)CNC. The van der Waals surface area contributed by atoms with Crippen molar-refractivity contribution >= 4 is 23.3 Å².